The molecular formula is C12H18N2O2S. The molecule has 1 aromatic carbocycles. The molecular weight excluding hydrogens is 236 g/mol. The SMILES string of the molecule is CC(C)(C)S(=O)Cc1ccc(C(N)=O)cc1N. The highest BCUT2D eigenvalue weighted by Gasteiger charge is 2.20. The number of nitrogen functional groups attached to an aromatic ring is 1. The Morgan fingerprint density at radius 1 is 1.35 bits per heavy atom. The van der Waals surface area contributed by atoms with Gasteiger partial charge in [-0.15, -0.1) is 0 Å². The number of primary amides is 1. The minimum absolute atomic E-state index is 0.283. The predicted octanol–water partition coefficient (Wildman–Crippen LogP) is 1.41. The number of hydrogen-bond donors (Lipinski definition) is 2. The van der Waals surface area contributed by atoms with Crippen LogP contribution in [0.15, 0.2) is 18.2 Å². The second-order valence-electron chi connectivity index (χ2n) is 4.88. The van der Waals surface area contributed by atoms with E-state index in [2.05, 4.69) is 0 Å². The van der Waals surface area contributed by atoms with E-state index in [1.54, 1.807) is 12.1 Å². The highest BCUT2D eigenvalue weighted by atomic mass is 32.2. The van der Waals surface area contributed by atoms with Crippen LogP contribution in [0.1, 0.15) is 36.7 Å². The van der Waals surface area contributed by atoms with Crippen molar-refractivity contribution in [3.63, 3.8) is 0 Å². The smallest absolute Gasteiger partial charge is 0.248 e. The van der Waals surface area contributed by atoms with E-state index in [9.17, 15) is 9.00 Å². The van der Waals surface area contributed by atoms with Crippen LogP contribution in [0.4, 0.5) is 5.69 Å². The molecule has 0 fully saturated rings. The van der Waals surface area contributed by atoms with E-state index in [4.69, 9.17) is 11.5 Å². The Hall–Kier alpha value is -1.36. The van der Waals surface area contributed by atoms with Gasteiger partial charge in [0.2, 0.25) is 5.91 Å². The number of benzene rings is 1. The largest absolute Gasteiger partial charge is 0.398 e. The van der Waals surface area contributed by atoms with E-state index in [1.165, 1.54) is 6.07 Å². The van der Waals surface area contributed by atoms with E-state index >= 15 is 0 Å². The topological polar surface area (TPSA) is 86.2 Å². The first kappa shape index (κ1) is 13.7. The first-order valence-corrected chi connectivity index (χ1v) is 6.60. The van der Waals surface area contributed by atoms with Gasteiger partial charge in [-0.2, -0.15) is 0 Å². The van der Waals surface area contributed by atoms with Crippen LogP contribution in [0.25, 0.3) is 0 Å². The molecule has 4 nitrogen and oxygen atoms in total. The normalized spacial score (nSPS) is 13.4. The quantitative estimate of drug-likeness (QED) is 0.800. The summed E-state index contributed by atoms with van der Waals surface area (Å²) in [6.07, 6.45) is 0. The van der Waals surface area contributed by atoms with Crippen molar-refractivity contribution in [2.75, 3.05) is 5.73 Å². The zero-order chi connectivity index (χ0) is 13.2. The summed E-state index contributed by atoms with van der Waals surface area (Å²) in [6.45, 7) is 5.74. The van der Waals surface area contributed by atoms with E-state index < -0.39 is 16.7 Å². The average Bonchev–Trinajstić information content (AvgIpc) is 2.19. The van der Waals surface area contributed by atoms with E-state index in [-0.39, 0.29) is 4.75 Å². The van der Waals surface area contributed by atoms with Crippen LogP contribution in [0.3, 0.4) is 0 Å². The maximum Gasteiger partial charge on any atom is 0.248 e. The molecule has 1 unspecified atom stereocenters. The fourth-order valence-corrected chi connectivity index (χ4v) is 2.22. The molecule has 1 amide bonds. The number of amides is 1. The molecule has 0 radical (unpaired) electrons. The van der Waals surface area contributed by atoms with Crippen LogP contribution in [0.2, 0.25) is 0 Å². The van der Waals surface area contributed by atoms with Crippen molar-refractivity contribution in [2.24, 2.45) is 5.73 Å². The minimum atomic E-state index is -1.01. The third-order valence-electron chi connectivity index (χ3n) is 2.40. The van der Waals surface area contributed by atoms with Gasteiger partial charge in [0.1, 0.15) is 0 Å². The van der Waals surface area contributed by atoms with Crippen molar-refractivity contribution in [3.05, 3.63) is 29.3 Å². The molecule has 0 saturated carbocycles. The number of carbonyl (C=O) groups excluding carboxylic acids is 1. The molecule has 0 aliphatic rings. The summed E-state index contributed by atoms with van der Waals surface area (Å²) in [5, 5.41) is 0. The van der Waals surface area contributed by atoms with Crippen LogP contribution in [-0.2, 0) is 16.6 Å². The van der Waals surface area contributed by atoms with Crippen molar-refractivity contribution in [3.8, 4) is 0 Å². The number of hydrogen-bond acceptors (Lipinski definition) is 3. The lowest BCUT2D eigenvalue weighted by molar-refractivity contribution is 0.100. The van der Waals surface area contributed by atoms with Crippen LogP contribution in [0.5, 0.6) is 0 Å². The van der Waals surface area contributed by atoms with Gasteiger partial charge in [0.15, 0.2) is 0 Å². The van der Waals surface area contributed by atoms with Crippen molar-refractivity contribution in [2.45, 2.75) is 31.3 Å². The van der Waals surface area contributed by atoms with Crippen LogP contribution >= 0.6 is 0 Å². The first-order chi connectivity index (χ1) is 7.71. The summed E-state index contributed by atoms with van der Waals surface area (Å²) in [6, 6.07) is 4.84. The number of rotatable bonds is 3. The Bertz CT molecular complexity index is 464. The molecule has 4 N–H and O–H groups in total. The lowest BCUT2D eigenvalue weighted by Gasteiger charge is -2.18. The predicted molar refractivity (Wildman–Crippen MR) is 71.0 cm³/mol. The third kappa shape index (κ3) is 3.56. The summed E-state index contributed by atoms with van der Waals surface area (Å²) in [7, 11) is -1.01. The van der Waals surface area contributed by atoms with Gasteiger partial charge >= 0.3 is 0 Å². The van der Waals surface area contributed by atoms with Gasteiger partial charge in [-0.1, -0.05) is 6.07 Å². The minimum Gasteiger partial charge on any atom is -0.398 e. The van der Waals surface area contributed by atoms with Gasteiger partial charge in [0, 0.05) is 26.8 Å². The molecule has 94 valence electrons. The fourth-order valence-electron chi connectivity index (χ4n) is 1.24. The second-order valence-corrected chi connectivity index (χ2v) is 7.08. The van der Waals surface area contributed by atoms with Crippen LogP contribution < -0.4 is 11.5 Å². The first-order valence-electron chi connectivity index (χ1n) is 5.28. The van der Waals surface area contributed by atoms with Crippen LogP contribution in [-0.4, -0.2) is 14.9 Å². The molecule has 5 heteroatoms. The molecule has 17 heavy (non-hydrogen) atoms. The maximum atomic E-state index is 12.0. The lowest BCUT2D eigenvalue weighted by Crippen LogP contribution is -2.23. The standard InChI is InChI=1S/C12H18N2O2S/c1-12(2,3)17(16)7-9-5-4-8(11(14)15)6-10(9)13/h4-6H,7,13H2,1-3H3,(H2,14,15). The van der Waals surface area contributed by atoms with Gasteiger partial charge in [0.25, 0.3) is 0 Å². The summed E-state index contributed by atoms with van der Waals surface area (Å²) in [5.74, 6) is -0.130. The van der Waals surface area contributed by atoms with Crippen molar-refractivity contribution >= 4 is 22.4 Å². The lowest BCUT2D eigenvalue weighted by atomic mass is 10.1. The zero-order valence-corrected chi connectivity index (χ0v) is 11.1. The van der Waals surface area contributed by atoms with Crippen molar-refractivity contribution in [1.29, 1.82) is 0 Å². The Morgan fingerprint density at radius 2 is 1.94 bits per heavy atom. The summed E-state index contributed by atoms with van der Waals surface area (Å²) >= 11 is 0. The van der Waals surface area contributed by atoms with Gasteiger partial charge in [0.05, 0.1) is 5.75 Å². The maximum absolute atomic E-state index is 12.0. The van der Waals surface area contributed by atoms with Crippen molar-refractivity contribution < 1.29 is 9.00 Å². The van der Waals surface area contributed by atoms with Crippen LogP contribution in [0, 0.1) is 0 Å². The highest BCUT2D eigenvalue weighted by molar-refractivity contribution is 7.85. The molecule has 0 heterocycles. The molecule has 0 aromatic heterocycles. The molecule has 0 bridgehead atoms. The number of anilines is 1. The molecule has 0 aliphatic heterocycles. The number of carbonyl (C=O) groups is 1. The Kier molecular flexibility index (Phi) is 3.93. The van der Waals surface area contributed by atoms with Crippen molar-refractivity contribution in [1.82, 2.24) is 0 Å². The van der Waals surface area contributed by atoms with Gasteiger partial charge in [-0.05, 0) is 38.5 Å². The Balaban J connectivity index is 2.95. The van der Waals surface area contributed by atoms with E-state index in [0.717, 1.165) is 5.56 Å². The zero-order valence-electron chi connectivity index (χ0n) is 10.3. The Morgan fingerprint density at radius 3 is 2.35 bits per heavy atom. The number of nitrogens with two attached hydrogens (primary N) is 2. The molecule has 0 saturated heterocycles. The summed E-state index contributed by atoms with van der Waals surface area (Å²) < 4.78 is 11.7. The summed E-state index contributed by atoms with van der Waals surface area (Å²) in [4.78, 5) is 11.0. The monoisotopic (exact) mass is 254 g/mol. The van der Waals surface area contributed by atoms with Gasteiger partial charge < -0.3 is 11.5 Å². The molecule has 1 rings (SSSR count). The van der Waals surface area contributed by atoms with Gasteiger partial charge in [-0.25, -0.2) is 0 Å². The molecule has 1 atom stereocenters. The summed E-state index contributed by atoms with van der Waals surface area (Å²) in [5.41, 5.74) is 12.6. The Labute approximate surface area is 104 Å². The average molecular weight is 254 g/mol. The second kappa shape index (κ2) is 4.87. The highest BCUT2D eigenvalue weighted by Crippen LogP contribution is 2.21. The van der Waals surface area contributed by atoms with Gasteiger partial charge in [-0.3, -0.25) is 9.00 Å². The van der Waals surface area contributed by atoms with E-state index in [0.29, 0.717) is 17.0 Å². The third-order valence-corrected chi connectivity index (χ3v) is 4.34. The molecule has 0 aliphatic carbocycles. The van der Waals surface area contributed by atoms with E-state index in [1.807, 2.05) is 20.8 Å². The molecule has 1 aromatic rings. The fraction of sp³-hybridized carbons (Fsp3) is 0.417. The molecule has 0 spiro atoms.